The molecule has 0 spiro atoms. The molecule has 1 saturated heterocycles. The van der Waals surface area contributed by atoms with E-state index in [1.807, 2.05) is 12.1 Å². The zero-order valence-electron chi connectivity index (χ0n) is 10.4. The number of hydrogen-bond acceptors (Lipinski definition) is 1. The highest BCUT2D eigenvalue weighted by Gasteiger charge is 2.21. The van der Waals surface area contributed by atoms with E-state index >= 15 is 0 Å². The Hall–Kier alpha value is -0.600. The van der Waals surface area contributed by atoms with Gasteiger partial charge in [-0.15, -0.1) is 0 Å². The van der Waals surface area contributed by atoms with Gasteiger partial charge in [0, 0.05) is 11.1 Å². The second-order valence-electron chi connectivity index (χ2n) is 5.28. The van der Waals surface area contributed by atoms with Crippen molar-refractivity contribution in [2.75, 3.05) is 6.54 Å². The molecular formula is C14H19ClFN. The molecule has 94 valence electrons. The van der Waals surface area contributed by atoms with Gasteiger partial charge in [-0.1, -0.05) is 23.7 Å². The molecule has 1 aromatic carbocycles. The van der Waals surface area contributed by atoms with Crippen LogP contribution >= 0.6 is 11.6 Å². The number of halogens is 2. The van der Waals surface area contributed by atoms with Crippen molar-refractivity contribution >= 4 is 11.6 Å². The first-order valence-corrected chi connectivity index (χ1v) is 6.56. The predicted octanol–water partition coefficient (Wildman–Crippen LogP) is 3.84. The van der Waals surface area contributed by atoms with Crippen LogP contribution in [0.4, 0.5) is 4.39 Å². The predicted molar refractivity (Wildman–Crippen MR) is 70.3 cm³/mol. The summed E-state index contributed by atoms with van der Waals surface area (Å²) in [7, 11) is 0. The molecule has 1 unspecified atom stereocenters. The van der Waals surface area contributed by atoms with Crippen molar-refractivity contribution < 1.29 is 4.39 Å². The summed E-state index contributed by atoms with van der Waals surface area (Å²) in [4.78, 5) is 0. The first-order chi connectivity index (χ1) is 7.97. The Morgan fingerprint density at radius 3 is 2.76 bits per heavy atom. The maximum Gasteiger partial charge on any atom is 0.130 e. The zero-order chi connectivity index (χ0) is 12.5. The van der Waals surface area contributed by atoms with Crippen LogP contribution in [0.2, 0.25) is 5.02 Å². The third-order valence-corrected chi connectivity index (χ3v) is 3.72. The van der Waals surface area contributed by atoms with Gasteiger partial charge in [0.05, 0.1) is 0 Å². The summed E-state index contributed by atoms with van der Waals surface area (Å²) in [5.41, 5.74) is 0.429. The molecule has 0 aromatic heterocycles. The minimum Gasteiger partial charge on any atom is -0.314 e. The first-order valence-electron chi connectivity index (χ1n) is 6.18. The van der Waals surface area contributed by atoms with Gasteiger partial charge in [0.15, 0.2) is 0 Å². The Balaban J connectivity index is 2.14. The summed E-state index contributed by atoms with van der Waals surface area (Å²) in [6, 6.07) is 6.08. The maximum atomic E-state index is 13.8. The monoisotopic (exact) mass is 255 g/mol. The van der Waals surface area contributed by atoms with Crippen molar-refractivity contribution in [3.8, 4) is 0 Å². The fourth-order valence-corrected chi connectivity index (χ4v) is 2.54. The molecule has 1 fully saturated rings. The molecule has 3 heteroatoms. The lowest BCUT2D eigenvalue weighted by Gasteiger charge is -2.17. The molecule has 1 aliphatic heterocycles. The highest BCUT2D eigenvalue weighted by molar-refractivity contribution is 6.31. The van der Waals surface area contributed by atoms with Gasteiger partial charge < -0.3 is 5.32 Å². The van der Waals surface area contributed by atoms with E-state index in [9.17, 15) is 4.39 Å². The Kier molecular flexibility index (Phi) is 3.74. The van der Waals surface area contributed by atoms with Crippen LogP contribution in [0.5, 0.6) is 0 Å². The number of alkyl halides is 1. The van der Waals surface area contributed by atoms with E-state index in [2.05, 4.69) is 5.32 Å². The molecule has 1 N–H and O–H groups in total. The number of rotatable bonds is 3. The lowest BCUT2D eigenvalue weighted by Crippen LogP contribution is -2.23. The molecule has 0 bridgehead atoms. The quantitative estimate of drug-likeness (QED) is 0.865. The number of benzene rings is 1. The summed E-state index contributed by atoms with van der Waals surface area (Å²) in [6.07, 6.45) is 3.37. The molecule has 1 nitrogen and oxygen atoms in total. The highest BCUT2D eigenvalue weighted by atomic mass is 35.5. The second-order valence-corrected chi connectivity index (χ2v) is 5.68. The van der Waals surface area contributed by atoms with Crippen LogP contribution in [0, 0.1) is 0 Å². The zero-order valence-corrected chi connectivity index (χ0v) is 11.1. The molecule has 2 rings (SSSR count). The van der Waals surface area contributed by atoms with Gasteiger partial charge in [-0.25, -0.2) is 4.39 Å². The van der Waals surface area contributed by atoms with E-state index in [-0.39, 0.29) is 0 Å². The average molecular weight is 256 g/mol. The maximum absolute atomic E-state index is 13.8. The molecule has 1 aliphatic rings. The van der Waals surface area contributed by atoms with Gasteiger partial charge in [-0.05, 0) is 56.8 Å². The van der Waals surface area contributed by atoms with E-state index in [1.165, 1.54) is 12.8 Å². The van der Waals surface area contributed by atoms with Crippen LogP contribution in [0.15, 0.2) is 18.2 Å². The minimum absolute atomic E-state index is 0.525. The molecule has 0 radical (unpaired) electrons. The second kappa shape index (κ2) is 4.95. The summed E-state index contributed by atoms with van der Waals surface area (Å²) < 4.78 is 13.8. The summed E-state index contributed by atoms with van der Waals surface area (Å²) in [5.74, 6) is 0. The van der Waals surface area contributed by atoms with E-state index in [0.29, 0.717) is 16.6 Å². The van der Waals surface area contributed by atoms with Crippen molar-refractivity contribution in [1.29, 1.82) is 0 Å². The van der Waals surface area contributed by atoms with Crippen molar-refractivity contribution in [3.05, 3.63) is 34.3 Å². The highest BCUT2D eigenvalue weighted by Crippen LogP contribution is 2.29. The largest absolute Gasteiger partial charge is 0.314 e. The Morgan fingerprint density at radius 1 is 1.47 bits per heavy atom. The standard InChI is InChI=1S/C14H19ClFN/c1-14(2,16)11-6-5-10(13(15)9-11)8-12-4-3-7-17-12/h5-6,9,12,17H,3-4,7-8H2,1-2H3. The first kappa shape index (κ1) is 12.8. The third kappa shape index (κ3) is 3.20. The molecule has 1 heterocycles. The van der Waals surface area contributed by atoms with Crippen LogP contribution in [0.1, 0.15) is 37.8 Å². The molecule has 0 aliphatic carbocycles. The van der Waals surface area contributed by atoms with Crippen molar-refractivity contribution in [2.45, 2.75) is 44.8 Å². The van der Waals surface area contributed by atoms with Gasteiger partial charge in [-0.2, -0.15) is 0 Å². The van der Waals surface area contributed by atoms with Crippen LogP contribution in [0.3, 0.4) is 0 Å². The SMILES string of the molecule is CC(C)(F)c1ccc(CC2CCCN2)c(Cl)c1. The Bertz CT molecular complexity index is 392. The van der Waals surface area contributed by atoms with Crippen LogP contribution in [-0.4, -0.2) is 12.6 Å². The molecule has 0 saturated carbocycles. The Labute approximate surface area is 107 Å². The fourth-order valence-electron chi connectivity index (χ4n) is 2.28. The van der Waals surface area contributed by atoms with Crippen LogP contribution in [-0.2, 0) is 12.1 Å². The minimum atomic E-state index is -1.33. The van der Waals surface area contributed by atoms with E-state index < -0.39 is 5.67 Å². The average Bonchev–Trinajstić information content (AvgIpc) is 2.72. The molecule has 0 amide bonds. The molecular weight excluding hydrogens is 237 g/mol. The number of nitrogens with one attached hydrogen (secondary N) is 1. The number of hydrogen-bond donors (Lipinski definition) is 1. The fraction of sp³-hybridized carbons (Fsp3) is 0.571. The summed E-state index contributed by atoms with van der Waals surface area (Å²) in [6.45, 7) is 4.20. The molecule has 1 atom stereocenters. The van der Waals surface area contributed by atoms with Crippen LogP contribution < -0.4 is 5.32 Å². The Morgan fingerprint density at radius 2 is 2.24 bits per heavy atom. The van der Waals surface area contributed by atoms with E-state index in [0.717, 1.165) is 18.5 Å². The molecule has 1 aromatic rings. The topological polar surface area (TPSA) is 12.0 Å². The van der Waals surface area contributed by atoms with E-state index in [4.69, 9.17) is 11.6 Å². The normalized spacial score (nSPS) is 20.8. The lowest BCUT2D eigenvalue weighted by atomic mass is 9.96. The summed E-state index contributed by atoms with van der Waals surface area (Å²) in [5, 5.41) is 4.13. The molecule has 17 heavy (non-hydrogen) atoms. The van der Waals surface area contributed by atoms with Gasteiger partial charge in [-0.3, -0.25) is 0 Å². The lowest BCUT2D eigenvalue weighted by molar-refractivity contribution is 0.221. The van der Waals surface area contributed by atoms with Gasteiger partial charge in [0.25, 0.3) is 0 Å². The van der Waals surface area contributed by atoms with Crippen molar-refractivity contribution in [3.63, 3.8) is 0 Å². The van der Waals surface area contributed by atoms with Gasteiger partial charge in [0.1, 0.15) is 5.67 Å². The third-order valence-electron chi connectivity index (χ3n) is 3.37. The van der Waals surface area contributed by atoms with Gasteiger partial charge in [0.2, 0.25) is 0 Å². The van der Waals surface area contributed by atoms with E-state index in [1.54, 1.807) is 19.9 Å². The van der Waals surface area contributed by atoms with Crippen molar-refractivity contribution in [2.24, 2.45) is 0 Å². The van der Waals surface area contributed by atoms with Crippen molar-refractivity contribution in [1.82, 2.24) is 5.32 Å². The van der Waals surface area contributed by atoms with Gasteiger partial charge >= 0.3 is 0 Å². The summed E-state index contributed by atoms with van der Waals surface area (Å²) >= 11 is 6.22. The smallest absolute Gasteiger partial charge is 0.130 e. The van der Waals surface area contributed by atoms with Crippen LogP contribution in [0.25, 0.3) is 0 Å².